The van der Waals surface area contributed by atoms with Crippen LogP contribution in [-0.2, 0) is 11.4 Å². The molecule has 0 atom stereocenters. The molecule has 0 spiro atoms. The maximum absolute atomic E-state index is 11.1. The van der Waals surface area contributed by atoms with Crippen LogP contribution in [0.4, 0.5) is 0 Å². The van der Waals surface area contributed by atoms with Crippen molar-refractivity contribution in [2.45, 2.75) is 13.5 Å². The molecule has 3 aromatic carbocycles. The van der Waals surface area contributed by atoms with Crippen molar-refractivity contribution in [2.24, 2.45) is 5.10 Å². The highest BCUT2D eigenvalue weighted by Crippen LogP contribution is 2.28. The molecule has 0 unspecified atom stereocenters. The first-order chi connectivity index (χ1) is 12.5. The van der Waals surface area contributed by atoms with Crippen molar-refractivity contribution in [1.29, 1.82) is 0 Å². The molecular weight excluding hydrogens is 371 g/mol. The van der Waals surface area contributed by atoms with Gasteiger partial charge in [0.25, 0.3) is 0 Å². The van der Waals surface area contributed by atoms with Gasteiger partial charge in [0.15, 0.2) is 0 Å². The third kappa shape index (κ3) is 4.34. The molecule has 0 bridgehead atoms. The van der Waals surface area contributed by atoms with E-state index in [2.05, 4.69) is 10.5 Å². The van der Waals surface area contributed by atoms with Crippen molar-refractivity contribution < 1.29 is 9.53 Å². The molecule has 132 valence electrons. The van der Waals surface area contributed by atoms with Gasteiger partial charge in [0.2, 0.25) is 5.91 Å². The summed E-state index contributed by atoms with van der Waals surface area (Å²) >= 11 is 12.1. The van der Waals surface area contributed by atoms with Crippen LogP contribution in [-0.4, -0.2) is 12.1 Å². The van der Waals surface area contributed by atoms with Crippen LogP contribution in [0.25, 0.3) is 10.8 Å². The molecule has 0 saturated heterocycles. The number of halogens is 2. The third-order valence-corrected chi connectivity index (χ3v) is 4.33. The van der Waals surface area contributed by atoms with Crippen molar-refractivity contribution in [1.82, 2.24) is 5.43 Å². The lowest BCUT2D eigenvalue weighted by Gasteiger charge is -2.12. The second kappa shape index (κ2) is 8.21. The normalized spacial score (nSPS) is 11.0. The molecule has 4 nitrogen and oxygen atoms in total. The Balaban J connectivity index is 1.93. The van der Waals surface area contributed by atoms with E-state index in [1.807, 2.05) is 42.5 Å². The second-order valence-electron chi connectivity index (χ2n) is 5.65. The number of carbonyl (C=O) groups is 1. The predicted molar refractivity (Wildman–Crippen MR) is 106 cm³/mol. The minimum Gasteiger partial charge on any atom is -0.488 e. The van der Waals surface area contributed by atoms with Gasteiger partial charge in [0.1, 0.15) is 12.4 Å². The molecule has 0 radical (unpaired) electrons. The number of benzene rings is 3. The van der Waals surface area contributed by atoms with Crippen LogP contribution >= 0.6 is 23.2 Å². The Bertz CT molecular complexity index is 987. The van der Waals surface area contributed by atoms with Gasteiger partial charge in [-0.05, 0) is 29.0 Å². The number of carbonyl (C=O) groups excluding carboxylic acids is 1. The summed E-state index contributed by atoms with van der Waals surface area (Å²) in [6.45, 7) is 1.69. The van der Waals surface area contributed by atoms with Gasteiger partial charge in [-0.25, -0.2) is 5.43 Å². The minimum absolute atomic E-state index is 0.239. The van der Waals surface area contributed by atoms with E-state index in [0.29, 0.717) is 15.8 Å². The molecule has 0 aromatic heterocycles. The number of nitrogens with zero attached hydrogens (tertiary/aromatic N) is 1. The molecule has 0 aliphatic heterocycles. The summed E-state index contributed by atoms with van der Waals surface area (Å²) in [5.74, 6) is 0.403. The molecule has 0 saturated carbocycles. The summed E-state index contributed by atoms with van der Waals surface area (Å²) < 4.78 is 5.98. The first-order valence-corrected chi connectivity index (χ1v) is 8.68. The number of ether oxygens (including phenoxy) is 1. The van der Waals surface area contributed by atoms with Crippen LogP contribution in [0.15, 0.2) is 59.7 Å². The standard InChI is InChI=1S/C20H16Cl2N2O2/c1-13(25)24-23-11-18-17-5-3-2-4-14(17)7-9-20(18)26-12-15-6-8-16(21)10-19(15)22/h2-11H,12H2,1H3,(H,24,25)/b23-11-. The summed E-state index contributed by atoms with van der Waals surface area (Å²) in [7, 11) is 0. The van der Waals surface area contributed by atoms with Gasteiger partial charge < -0.3 is 4.74 Å². The molecule has 6 heteroatoms. The SMILES string of the molecule is CC(=O)N/N=C\c1c(OCc2ccc(Cl)cc2Cl)ccc2ccccc12. The highest BCUT2D eigenvalue weighted by atomic mass is 35.5. The Labute approximate surface area is 161 Å². The van der Waals surface area contributed by atoms with E-state index in [0.717, 1.165) is 21.9 Å². The van der Waals surface area contributed by atoms with Crippen LogP contribution in [0.1, 0.15) is 18.1 Å². The highest BCUT2D eigenvalue weighted by molar-refractivity contribution is 6.35. The van der Waals surface area contributed by atoms with E-state index < -0.39 is 0 Å². The molecule has 0 aliphatic rings. The van der Waals surface area contributed by atoms with E-state index in [1.54, 1.807) is 18.3 Å². The van der Waals surface area contributed by atoms with Gasteiger partial charge in [-0.15, -0.1) is 0 Å². The molecule has 1 N–H and O–H groups in total. The fraction of sp³-hybridized carbons (Fsp3) is 0.100. The molecule has 1 amide bonds. The van der Waals surface area contributed by atoms with E-state index in [9.17, 15) is 4.79 Å². The first-order valence-electron chi connectivity index (χ1n) is 7.92. The van der Waals surface area contributed by atoms with Crippen molar-refractivity contribution in [3.8, 4) is 5.75 Å². The lowest BCUT2D eigenvalue weighted by molar-refractivity contribution is -0.118. The smallest absolute Gasteiger partial charge is 0.236 e. The maximum Gasteiger partial charge on any atom is 0.236 e. The topological polar surface area (TPSA) is 50.7 Å². The van der Waals surface area contributed by atoms with Gasteiger partial charge in [-0.1, -0.05) is 59.6 Å². The van der Waals surface area contributed by atoms with E-state index >= 15 is 0 Å². The lowest BCUT2D eigenvalue weighted by atomic mass is 10.0. The van der Waals surface area contributed by atoms with Gasteiger partial charge in [-0.3, -0.25) is 4.79 Å². The number of rotatable bonds is 5. The number of hydrogen-bond donors (Lipinski definition) is 1. The zero-order valence-corrected chi connectivity index (χ0v) is 15.5. The molecule has 3 aromatic rings. The summed E-state index contributed by atoms with van der Waals surface area (Å²) in [6.07, 6.45) is 1.59. The average Bonchev–Trinajstić information content (AvgIpc) is 2.61. The summed E-state index contributed by atoms with van der Waals surface area (Å²) in [4.78, 5) is 11.1. The molecule has 0 heterocycles. The Morgan fingerprint density at radius 2 is 1.96 bits per heavy atom. The van der Waals surface area contributed by atoms with Crippen LogP contribution in [0, 0.1) is 0 Å². The number of nitrogens with one attached hydrogen (secondary N) is 1. The first kappa shape index (κ1) is 18.2. The maximum atomic E-state index is 11.1. The summed E-state index contributed by atoms with van der Waals surface area (Å²) in [5.41, 5.74) is 4.02. The highest BCUT2D eigenvalue weighted by Gasteiger charge is 2.09. The van der Waals surface area contributed by atoms with Crippen molar-refractivity contribution >= 4 is 46.1 Å². The van der Waals surface area contributed by atoms with Crippen molar-refractivity contribution in [2.75, 3.05) is 0 Å². The Kier molecular flexibility index (Phi) is 5.76. The second-order valence-corrected chi connectivity index (χ2v) is 6.49. The number of hydrogen-bond acceptors (Lipinski definition) is 3. The number of fused-ring (bicyclic) bond motifs is 1. The zero-order valence-electron chi connectivity index (χ0n) is 14.0. The molecule has 26 heavy (non-hydrogen) atoms. The van der Waals surface area contributed by atoms with Gasteiger partial charge in [-0.2, -0.15) is 5.10 Å². The van der Waals surface area contributed by atoms with E-state index in [4.69, 9.17) is 27.9 Å². The number of hydrazone groups is 1. The van der Waals surface area contributed by atoms with Gasteiger partial charge in [0.05, 0.1) is 6.21 Å². The molecule has 0 aliphatic carbocycles. The average molecular weight is 387 g/mol. The monoisotopic (exact) mass is 386 g/mol. The van der Waals surface area contributed by atoms with Gasteiger partial charge >= 0.3 is 0 Å². The zero-order chi connectivity index (χ0) is 18.5. The molecule has 0 fully saturated rings. The largest absolute Gasteiger partial charge is 0.488 e. The Hall–Kier alpha value is -2.56. The Morgan fingerprint density at radius 1 is 1.15 bits per heavy atom. The molecular formula is C20H16Cl2N2O2. The van der Waals surface area contributed by atoms with E-state index in [1.165, 1.54) is 6.92 Å². The fourth-order valence-electron chi connectivity index (χ4n) is 2.52. The number of amides is 1. The predicted octanol–water partition coefficient (Wildman–Crippen LogP) is 5.20. The van der Waals surface area contributed by atoms with Crippen LogP contribution in [0.3, 0.4) is 0 Å². The third-order valence-electron chi connectivity index (χ3n) is 3.74. The van der Waals surface area contributed by atoms with Crippen LogP contribution in [0.2, 0.25) is 10.0 Å². The lowest BCUT2D eigenvalue weighted by Crippen LogP contribution is -2.12. The quantitative estimate of drug-likeness (QED) is 0.484. The Morgan fingerprint density at radius 3 is 2.73 bits per heavy atom. The summed E-state index contributed by atoms with van der Waals surface area (Å²) in [5, 5.41) is 7.14. The van der Waals surface area contributed by atoms with Gasteiger partial charge in [0, 0.05) is 28.1 Å². The minimum atomic E-state index is -0.239. The van der Waals surface area contributed by atoms with E-state index in [-0.39, 0.29) is 12.5 Å². The van der Waals surface area contributed by atoms with Crippen molar-refractivity contribution in [3.63, 3.8) is 0 Å². The fourth-order valence-corrected chi connectivity index (χ4v) is 2.98. The summed E-state index contributed by atoms with van der Waals surface area (Å²) in [6, 6.07) is 17.0. The van der Waals surface area contributed by atoms with Crippen molar-refractivity contribution in [3.05, 3.63) is 75.8 Å². The van der Waals surface area contributed by atoms with Crippen LogP contribution in [0.5, 0.6) is 5.75 Å². The molecule has 3 rings (SSSR count). The van der Waals surface area contributed by atoms with Crippen LogP contribution < -0.4 is 10.2 Å².